The van der Waals surface area contributed by atoms with Crippen LogP contribution in [0.1, 0.15) is 13.8 Å². The Kier molecular flexibility index (Phi) is 2.25. The Morgan fingerprint density at radius 2 is 1.88 bits per heavy atom. The Labute approximate surface area is 49.8 Å². The molecule has 0 aromatic carbocycles. The first kappa shape index (κ1) is 7.21. The molecule has 1 amide bonds. The van der Waals surface area contributed by atoms with Crippen LogP contribution >= 0.6 is 0 Å². The lowest BCUT2D eigenvalue weighted by molar-refractivity contribution is -0.125. The quantitative estimate of drug-likeness (QED) is 0.496. The summed E-state index contributed by atoms with van der Waals surface area (Å²) < 4.78 is 0. The first-order chi connectivity index (χ1) is 3.55. The highest BCUT2D eigenvalue weighted by atomic mass is 16.2. The maximum Gasteiger partial charge on any atom is 0.223 e. The highest BCUT2D eigenvalue weighted by molar-refractivity contribution is 5.74. The first-order valence-electron chi connectivity index (χ1n) is 2.45. The van der Waals surface area contributed by atoms with Gasteiger partial charge in [-0.2, -0.15) is 0 Å². The monoisotopic (exact) mass is 113 g/mol. The van der Waals surface area contributed by atoms with Crippen molar-refractivity contribution in [3.63, 3.8) is 0 Å². The predicted octanol–water partition coefficient (Wildman–Crippen LogP) is 0.998. The number of nitrogens with zero attached hydrogens (tertiary/aromatic N) is 1. The average molecular weight is 113 g/mol. The fourth-order valence-electron chi connectivity index (χ4n) is 0.269. The molecule has 0 saturated carbocycles. The number of carbonyl (C=O) groups is 1. The summed E-state index contributed by atoms with van der Waals surface area (Å²) in [4.78, 5) is 12.0. The van der Waals surface area contributed by atoms with Crippen LogP contribution in [0.3, 0.4) is 0 Å². The number of amides is 1. The van der Waals surface area contributed by atoms with E-state index >= 15 is 0 Å². The van der Waals surface area contributed by atoms with Gasteiger partial charge < -0.3 is 4.90 Å². The number of hydrogen-bond acceptors (Lipinski definition) is 1. The van der Waals surface area contributed by atoms with Crippen molar-refractivity contribution in [1.82, 2.24) is 4.90 Å². The summed E-state index contributed by atoms with van der Waals surface area (Å²) >= 11 is 0. The molecule has 2 nitrogen and oxygen atoms in total. The topological polar surface area (TPSA) is 20.3 Å². The summed E-state index contributed by atoms with van der Waals surface area (Å²) in [6.07, 6.45) is 0. The fourth-order valence-corrected chi connectivity index (χ4v) is 0.269. The van der Waals surface area contributed by atoms with Gasteiger partial charge in [0.25, 0.3) is 0 Å². The molecule has 8 heavy (non-hydrogen) atoms. The first-order valence-corrected chi connectivity index (χ1v) is 2.45. The van der Waals surface area contributed by atoms with Crippen molar-refractivity contribution in [1.29, 1.82) is 0 Å². The number of hydrogen-bond donors (Lipinski definition) is 0. The van der Waals surface area contributed by atoms with Crippen molar-refractivity contribution >= 4 is 5.91 Å². The summed E-state index contributed by atoms with van der Waals surface area (Å²) in [5.41, 5.74) is 0.775. The fraction of sp³-hybridized carbons (Fsp3) is 0.500. The molecule has 0 atom stereocenters. The molecule has 0 spiro atoms. The molecule has 0 saturated heterocycles. The molecule has 0 aliphatic carbocycles. The minimum atomic E-state index is 0.0255. The zero-order chi connectivity index (χ0) is 6.73. The van der Waals surface area contributed by atoms with Crippen LogP contribution in [-0.4, -0.2) is 17.9 Å². The van der Waals surface area contributed by atoms with Gasteiger partial charge in [0, 0.05) is 19.7 Å². The zero-order valence-electron chi connectivity index (χ0n) is 5.56. The third-order valence-corrected chi connectivity index (χ3v) is 1.04. The molecule has 0 aliphatic rings. The van der Waals surface area contributed by atoms with Gasteiger partial charge in [-0.1, -0.05) is 6.58 Å². The summed E-state index contributed by atoms with van der Waals surface area (Å²) in [7, 11) is 1.70. The second kappa shape index (κ2) is 2.50. The molecule has 46 valence electrons. The SMILES string of the molecule is C=C(C)N(C)C(C)=O. The van der Waals surface area contributed by atoms with Gasteiger partial charge in [0.2, 0.25) is 5.91 Å². The van der Waals surface area contributed by atoms with Crippen LogP contribution in [-0.2, 0) is 4.79 Å². The Morgan fingerprint density at radius 1 is 1.50 bits per heavy atom. The summed E-state index contributed by atoms with van der Waals surface area (Å²) in [5.74, 6) is 0.0255. The second-order valence-corrected chi connectivity index (χ2v) is 1.81. The number of rotatable bonds is 1. The van der Waals surface area contributed by atoms with Gasteiger partial charge in [-0.05, 0) is 6.92 Å². The van der Waals surface area contributed by atoms with E-state index < -0.39 is 0 Å². The van der Waals surface area contributed by atoms with Crippen LogP contribution in [0.5, 0.6) is 0 Å². The summed E-state index contributed by atoms with van der Waals surface area (Å²) in [6.45, 7) is 6.88. The molecule has 0 aromatic rings. The van der Waals surface area contributed by atoms with Gasteiger partial charge in [0.05, 0.1) is 0 Å². The zero-order valence-corrected chi connectivity index (χ0v) is 5.56. The smallest absolute Gasteiger partial charge is 0.223 e. The third-order valence-electron chi connectivity index (χ3n) is 1.04. The highest BCUT2D eigenvalue weighted by Crippen LogP contribution is 1.93. The molecule has 0 aromatic heterocycles. The van der Waals surface area contributed by atoms with Gasteiger partial charge in [-0.3, -0.25) is 4.79 Å². The van der Waals surface area contributed by atoms with Crippen LogP contribution in [0.2, 0.25) is 0 Å². The van der Waals surface area contributed by atoms with Gasteiger partial charge in [0.15, 0.2) is 0 Å². The van der Waals surface area contributed by atoms with E-state index in [-0.39, 0.29) is 5.91 Å². The number of allylic oxidation sites excluding steroid dienone is 1. The molecule has 0 N–H and O–H groups in total. The second-order valence-electron chi connectivity index (χ2n) is 1.81. The molecule has 0 fully saturated rings. The molecule has 0 heterocycles. The molecular formula is C6H11NO. The van der Waals surface area contributed by atoms with Gasteiger partial charge in [-0.25, -0.2) is 0 Å². The molecule has 0 bridgehead atoms. The Balaban J connectivity index is 3.83. The van der Waals surface area contributed by atoms with E-state index in [1.165, 1.54) is 11.8 Å². The Bertz CT molecular complexity index is 104. The van der Waals surface area contributed by atoms with E-state index in [2.05, 4.69) is 6.58 Å². The molecular weight excluding hydrogens is 102 g/mol. The van der Waals surface area contributed by atoms with Crippen LogP contribution in [0.4, 0.5) is 0 Å². The molecule has 0 rings (SSSR count). The largest absolute Gasteiger partial charge is 0.320 e. The van der Waals surface area contributed by atoms with E-state index in [0.29, 0.717) is 0 Å². The van der Waals surface area contributed by atoms with Crippen molar-refractivity contribution in [2.75, 3.05) is 7.05 Å². The van der Waals surface area contributed by atoms with E-state index in [0.717, 1.165) is 5.70 Å². The highest BCUT2D eigenvalue weighted by Gasteiger charge is 1.98. The van der Waals surface area contributed by atoms with Crippen LogP contribution in [0.25, 0.3) is 0 Å². The lowest BCUT2D eigenvalue weighted by Crippen LogP contribution is -2.20. The van der Waals surface area contributed by atoms with Crippen LogP contribution in [0.15, 0.2) is 12.3 Å². The Morgan fingerprint density at radius 3 is 1.88 bits per heavy atom. The molecule has 2 heteroatoms. The minimum absolute atomic E-state index is 0.0255. The molecule has 0 radical (unpaired) electrons. The van der Waals surface area contributed by atoms with Gasteiger partial charge in [0.1, 0.15) is 0 Å². The molecule has 0 unspecified atom stereocenters. The van der Waals surface area contributed by atoms with Crippen molar-refractivity contribution in [3.05, 3.63) is 12.3 Å². The summed E-state index contributed by atoms with van der Waals surface area (Å²) in [5, 5.41) is 0. The van der Waals surface area contributed by atoms with E-state index in [9.17, 15) is 4.79 Å². The van der Waals surface area contributed by atoms with Crippen LogP contribution in [0, 0.1) is 0 Å². The lowest BCUT2D eigenvalue weighted by Gasteiger charge is -2.12. The van der Waals surface area contributed by atoms with E-state index in [4.69, 9.17) is 0 Å². The lowest BCUT2D eigenvalue weighted by atomic mass is 10.5. The van der Waals surface area contributed by atoms with Gasteiger partial charge >= 0.3 is 0 Å². The van der Waals surface area contributed by atoms with Crippen LogP contribution < -0.4 is 0 Å². The third kappa shape index (κ3) is 1.78. The van der Waals surface area contributed by atoms with E-state index in [1.54, 1.807) is 14.0 Å². The van der Waals surface area contributed by atoms with Crippen molar-refractivity contribution in [2.45, 2.75) is 13.8 Å². The van der Waals surface area contributed by atoms with Crippen molar-refractivity contribution < 1.29 is 4.79 Å². The van der Waals surface area contributed by atoms with Crippen molar-refractivity contribution in [3.8, 4) is 0 Å². The average Bonchev–Trinajstić information content (AvgIpc) is 1.64. The van der Waals surface area contributed by atoms with Gasteiger partial charge in [-0.15, -0.1) is 0 Å². The van der Waals surface area contributed by atoms with E-state index in [1.807, 2.05) is 0 Å². The minimum Gasteiger partial charge on any atom is -0.320 e. The van der Waals surface area contributed by atoms with Crippen molar-refractivity contribution in [2.24, 2.45) is 0 Å². The standard InChI is InChI=1S/C6H11NO/c1-5(2)7(4)6(3)8/h1H2,2-4H3. The molecule has 0 aliphatic heterocycles. The maximum absolute atomic E-state index is 10.5. The normalized spacial score (nSPS) is 8.38. The summed E-state index contributed by atoms with van der Waals surface area (Å²) in [6, 6.07) is 0. The maximum atomic E-state index is 10.5. The number of carbonyl (C=O) groups excluding carboxylic acids is 1. The predicted molar refractivity (Wildman–Crippen MR) is 33.3 cm³/mol. The Hall–Kier alpha value is -0.790.